The summed E-state index contributed by atoms with van der Waals surface area (Å²) in [6.07, 6.45) is 4.06. The van der Waals surface area contributed by atoms with Gasteiger partial charge in [0, 0.05) is 0 Å². The highest BCUT2D eigenvalue weighted by Crippen LogP contribution is 2.19. The molecule has 0 atom stereocenters. The number of carbonyl (C=O) groups excluding carboxylic acids is 1. The average Bonchev–Trinajstić information content (AvgIpc) is 2.38. The monoisotopic (exact) mass is 278 g/mol. The number of carbonyl (C=O) groups is 1. The predicted octanol–water partition coefficient (Wildman–Crippen LogP) is 4.71. The first-order valence-electron chi connectivity index (χ1n) is 6.95. The van der Waals surface area contributed by atoms with Gasteiger partial charge in [-0.15, -0.1) is 0 Å². The standard InChI is InChI=1S/C17H23FO2/c1-14(8-7-12-17(2,3)18)11-13-20-16(19)15-9-5-4-6-10-15/h4-6,9-11H,7-8,12-13H2,1-3H3/b14-11+. The van der Waals surface area contributed by atoms with Crippen LogP contribution in [0.3, 0.4) is 0 Å². The van der Waals surface area contributed by atoms with E-state index in [4.69, 9.17) is 4.74 Å². The van der Waals surface area contributed by atoms with Crippen LogP contribution >= 0.6 is 0 Å². The Kier molecular flexibility index (Phi) is 6.43. The maximum atomic E-state index is 13.3. The van der Waals surface area contributed by atoms with Crippen LogP contribution in [-0.2, 0) is 4.74 Å². The Morgan fingerprint density at radius 3 is 2.55 bits per heavy atom. The lowest BCUT2D eigenvalue weighted by Crippen LogP contribution is -2.10. The number of halogens is 1. The first-order valence-corrected chi connectivity index (χ1v) is 6.95. The van der Waals surface area contributed by atoms with E-state index in [1.807, 2.05) is 19.1 Å². The molecule has 0 amide bonds. The van der Waals surface area contributed by atoms with Crippen LogP contribution in [0.15, 0.2) is 42.0 Å². The van der Waals surface area contributed by atoms with Crippen molar-refractivity contribution in [1.82, 2.24) is 0 Å². The van der Waals surface area contributed by atoms with Gasteiger partial charge in [-0.1, -0.05) is 23.8 Å². The van der Waals surface area contributed by atoms with Gasteiger partial charge in [-0.2, -0.15) is 0 Å². The molecular weight excluding hydrogens is 255 g/mol. The maximum Gasteiger partial charge on any atom is 0.338 e. The molecule has 3 heteroatoms. The molecule has 0 N–H and O–H groups in total. The van der Waals surface area contributed by atoms with E-state index in [9.17, 15) is 9.18 Å². The lowest BCUT2D eigenvalue weighted by molar-refractivity contribution is 0.0549. The van der Waals surface area contributed by atoms with Crippen LogP contribution in [0.1, 0.15) is 50.4 Å². The molecule has 0 spiro atoms. The number of hydrogen-bond acceptors (Lipinski definition) is 2. The van der Waals surface area contributed by atoms with E-state index < -0.39 is 5.67 Å². The third-order valence-electron chi connectivity index (χ3n) is 3.00. The Balaban J connectivity index is 2.28. The molecule has 1 aromatic carbocycles. The van der Waals surface area contributed by atoms with Gasteiger partial charge >= 0.3 is 5.97 Å². The quantitative estimate of drug-likeness (QED) is 0.533. The Morgan fingerprint density at radius 1 is 1.30 bits per heavy atom. The summed E-state index contributed by atoms with van der Waals surface area (Å²) in [4.78, 5) is 11.7. The molecule has 0 aliphatic carbocycles. The zero-order chi connectivity index (χ0) is 15.0. The van der Waals surface area contributed by atoms with Crippen LogP contribution in [0.5, 0.6) is 0 Å². The van der Waals surface area contributed by atoms with Crippen molar-refractivity contribution in [2.24, 2.45) is 0 Å². The second kappa shape index (κ2) is 7.83. The molecule has 0 saturated heterocycles. The van der Waals surface area contributed by atoms with E-state index in [0.29, 0.717) is 12.0 Å². The van der Waals surface area contributed by atoms with Crippen LogP contribution in [0.4, 0.5) is 4.39 Å². The summed E-state index contributed by atoms with van der Waals surface area (Å²) in [6.45, 7) is 5.42. The molecule has 0 aliphatic heterocycles. The molecule has 0 heterocycles. The minimum atomic E-state index is -1.11. The first kappa shape index (κ1) is 16.4. The van der Waals surface area contributed by atoms with E-state index in [1.165, 1.54) is 0 Å². The second-order valence-corrected chi connectivity index (χ2v) is 5.59. The van der Waals surface area contributed by atoms with Gasteiger partial charge in [0.25, 0.3) is 0 Å². The fraction of sp³-hybridized carbons (Fsp3) is 0.471. The fourth-order valence-corrected chi connectivity index (χ4v) is 1.81. The molecule has 20 heavy (non-hydrogen) atoms. The first-order chi connectivity index (χ1) is 9.38. The van der Waals surface area contributed by atoms with E-state index in [-0.39, 0.29) is 12.6 Å². The number of hydrogen-bond donors (Lipinski definition) is 0. The van der Waals surface area contributed by atoms with Crippen molar-refractivity contribution < 1.29 is 13.9 Å². The zero-order valence-corrected chi connectivity index (χ0v) is 12.5. The number of ether oxygens (including phenoxy) is 1. The Morgan fingerprint density at radius 2 is 1.95 bits per heavy atom. The van der Waals surface area contributed by atoms with Gasteiger partial charge in [0.2, 0.25) is 0 Å². The molecule has 0 fully saturated rings. The highest BCUT2D eigenvalue weighted by atomic mass is 19.1. The smallest absolute Gasteiger partial charge is 0.338 e. The van der Waals surface area contributed by atoms with Gasteiger partial charge in [-0.05, 0) is 58.2 Å². The van der Waals surface area contributed by atoms with Crippen molar-refractivity contribution in [3.8, 4) is 0 Å². The van der Waals surface area contributed by atoms with E-state index >= 15 is 0 Å². The predicted molar refractivity (Wildman–Crippen MR) is 79.5 cm³/mol. The van der Waals surface area contributed by atoms with Crippen LogP contribution in [-0.4, -0.2) is 18.2 Å². The third kappa shape index (κ3) is 7.07. The molecule has 1 aromatic rings. The molecular formula is C17H23FO2. The Hall–Kier alpha value is -1.64. The van der Waals surface area contributed by atoms with Gasteiger partial charge in [0.05, 0.1) is 5.56 Å². The van der Waals surface area contributed by atoms with Gasteiger partial charge in [-0.3, -0.25) is 0 Å². The van der Waals surface area contributed by atoms with E-state index in [0.717, 1.165) is 18.4 Å². The van der Waals surface area contributed by atoms with Crippen molar-refractivity contribution in [1.29, 1.82) is 0 Å². The van der Waals surface area contributed by atoms with Gasteiger partial charge < -0.3 is 4.74 Å². The van der Waals surface area contributed by atoms with Crippen molar-refractivity contribution in [2.45, 2.75) is 45.7 Å². The Labute approximate surface area is 120 Å². The van der Waals surface area contributed by atoms with Crippen molar-refractivity contribution in [3.05, 3.63) is 47.5 Å². The van der Waals surface area contributed by atoms with Crippen LogP contribution < -0.4 is 0 Å². The maximum absolute atomic E-state index is 13.3. The van der Waals surface area contributed by atoms with E-state index in [2.05, 4.69) is 0 Å². The van der Waals surface area contributed by atoms with Crippen molar-refractivity contribution >= 4 is 5.97 Å². The molecule has 0 bridgehead atoms. The summed E-state index contributed by atoms with van der Waals surface area (Å²) >= 11 is 0. The zero-order valence-electron chi connectivity index (χ0n) is 12.5. The number of benzene rings is 1. The molecule has 0 radical (unpaired) electrons. The highest BCUT2D eigenvalue weighted by Gasteiger charge is 2.14. The summed E-state index contributed by atoms with van der Waals surface area (Å²) in [5, 5.41) is 0. The second-order valence-electron chi connectivity index (χ2n) is 5.59. The molecule has 0 unspecified atom stereocenters. The lowest BCUT2D eigenvalue weighted by atomic mass is 10.0. The molecule has 0 aliphatic rings. The third-order valence-corrected chi connectivity index (χ3v) is 3.00. The molecule has 0 aromatic heterocycles. The van der Waals surface area contributed by atoms with Crippen LogP contribution in [0, 0.1) is 0 Å². The van der Waals surface area contributed by atoms with Gasteiger partial charge in [0.15, 0.2) is 0 Å². The Bertz CT molecular complexity index is 444. The van der Waals surface area contributed by atoms with Crippen molar-refractivity contribution in [2.75, 3.05) is 6.61 Å². The summed E-state index contributed by atoms with van der Waals surface area (Å²) < 4.78 is 18.5. The van der Waals surface area contributed by atoms with Crippen molar-refractivity contribution in [3.63, 3.8) is 0 Å². The van der Waals surface area contributed by atoms with Gasteiger partial charge in [-0.25, -0.2) is 9.18 Å². The minimum Gasteiger partial charge on any atom is -0.458 e. The minimum absolute atomic E-state index is 0.262. The number of rotatable bonds is 7. The topological polar surface area (TPSA) is 26.3 Å². The average molecular weight is 278 g/mol. The molecule has 0 saturated carbocycles. The SMILES string of the molecule is C/C(=C\COC(=O)c1ccccc1)CCCC(C)(C)F. The van der Waals surface area contributed by atoms with Crippen LogP contribution in [0.2, 0.25) is 0 Å². The number of esters is 1. The lowest BCUT2D eigenvalue weighted by Gasteiger charge is -2.13. The van der Waals surface area contributed by atoms with E-state index in [1.54, 1.807) is 38.1 Å². The summed E-state index contributed by atoms with van der Waals surface area (Å²) in [5.74, 6) is -0.320. The normalized spacial score (nSPS) is 12.3. The summed E-state index contributed by atoms with van der Waals surface area (Å²) in [6, 6.07) is 8.91. The number of allylic oxidation sites excluding steroid dienone is 1. The highest BCUT2D eigenvalue weighted by molar-refractivity contribution is 5.89. The summed E-state index contributed by atoms with van der Waals surface area (Å²) in [5.41, 5.74) is 0.563. The molecule has 1 rings (SSSR count). The van der Waals surface area contributed by atoms with Gasteiger partial charge in [0.1, 0.15) is 12.3 Å². The summed E-state index contributed by atoms with van der Waals surface area (Å²) in [7, 11) is 0. The largest absolute Gasteiger partial charge is 0.458 e. The number of alkyl halides is 1. The molecule has 2 nitrogen and oxygen atoms in total. The fourth-order valence-electron chi connectivity index (χ4n) is 1.81. The molecule has 110 valence electrons. The van der Waals surface area contributed by atoms with Crippen LogP contribution in [0.25, 0.3) is 0 Å².